The van der Waals surface area contributed by atoms with Crippen LogP contribution in [0.15, 0.2) is 12.4 Å². The number of aromatic nitrogens is 4. The smallest absolute Gasteiger partial charge is 0.255 e. The van der Waals surface area contributed by atoms with Gasteiger partial charge >= 0.3 is 0 Å². The zero-order valence-corrected chi connectivity index (χ0v) is 11.1. The molecule has 18 heavy (non-hydrogen) atoms. The van der Waals surface area contributed by atoms with Crippen LogP contribution in [0.5, 0.6) is 5.88 Å². The van der Waals surface area contributed by atoms with Crippen molar-refractivity contribution in [3.63, 3.8) is 0 Å². The zero-order chi connectivity index (χ0) is 13.0. The molecule has 0 aliphatic rings. The summed E-state index contributed by atoms with van der Waals surface area (Å²) in [6.45, 7) is 7.78. The summed E-state index contributed by atoms with van der Waals surface area (Å²) in [6.07, 6.45) is 2.44. The van der Waals surface area contributed by atoms with Gasteiger partial charge in [0, 0.05) is 17.8 Å². The first-order valence-corrected chi connectivity index (χ1v) is 6.20. The van der Waals surface area contributed by atoms with Crippen LogP contribution in [0.1, 0.15) is 26.0 Å². The number of aryl methyl sites for hydroxylation is 1. The van der Waals surface area contributed by atoms with Gasteiger partial charge in [0.1, 0.15) is 6.33 Å². The summed E-state index contributed by atoms with van der Waals surface area (Å²) in [6, 6.07) is 2.38. The summed E-state index contributed by atoms with van der Waals surface area (Å²) in [4.78, 5) is 8.32. The fraction of sp³-hybridized carbons (Fsp3) is 0.583. The van der Waals surface area contributed by atoms with Crippen molar-refractivity contribution in [3.8, 4) is 5.88 Å². The number of hydrogen-bond donors (Lipinski definition) is 1. The normalized spacial score (nSPS) is 11.3. The average Bonchev–Trinajstić information content (AvgIpc) is 2.75. The Morgan fingerprint density at radius 3 is 3.06 bits per heavy atom. The molecule has 0 unspecified atom stereocenters. The Morgan fingerprint density at radius 1 is 1.44 bits per heavy atom. The van der Waals surface area contributed by atoms with E-state index in [0.717, 1.165) is 18.7 Å². The molecule has 0 atom stereocenters. The summed E-state index contributed by atoms with van der Waals surface area (Å²) in [5.74, 6) is 1.27. The fourth-order valence-electron chi connectivity index (χ4n) is 1.64. The number of hydrogen-bond acceptors (Lipinski definition) is 5. The molecule has 2 aromatic rings. The molecule has 0 bridgehead atoms. The van der Waals surface area contributed by atoms with Gasteiger partial charge in [-0.1, -0.05) is 13.8 Å². The largest absolute Gasteiger partial charge is 0.477 e. The average molecular weight is 249 g/mol. The molecule has 2 aromatic heterocycles. The van der Waals surface area contributed by atoms with Crippen molar-refractivity contribution in [2.24, 2.45) is 0 Å². The van der Waals surface area contributed by atoms with E-state index in [9.17, 15) is 0 Å². The summed E-state index contributed by atoms with van der Waals surface area (Å²) in [5, 5.41) is 7.44. The Labute approximate surface area is 106 Å². The Balaban J connectivity index is 1.93. The van der Waals surface area contributed by atoms with Gasteiger partial charge in [0.2, 0.25) is 5.88 Å². The third-order valence-corrected chi connectivity index (χ3v) is 2.47. The van der Waals surface area contributed by atoms with E-state index in [2.05, 4.69) is 34.2 Å². The minimum absolute atomic E-state index is 0.509. The minimum Gasteiger partial charge on any atom is -0.477 e. The molecule has 0 amide bonds. The van der Waals surface area contributed by atoms with Gasteiger partial charge in [-0.15, -0.1) is 0 Å². The highest BCUT2D eigenvalue weighted by atomic mass is 16.5. The maximum Gasteiger partial charge on any atom is 0.255 e. The van der Waals surface area contributed by atoms with E-state index in [1.807, 2.05) is 13.0 Å². The third kappa shape index (κ3) is 3.16. The molecule has 0 saturated carbocycles. The van der Waals surface area contributed by atoms with E-state index >= 15 is 0 Å². The molecule has 98 valence electrons. The van der Waals surface area contributed by atoms with Crippen LogP contribution in [0.3, 0.4) is 0 Å². The van der Waals surface area contributed by atoms with Crippen molar-refractivity contribution in [2.45, 2.75) is 33.2 Å². The second-order valence-electron chi connectivity index (χ2n) is 4.52. The summed E-state index contributed by atoms with van der Waals surface area (Å²) in [5.41, 5.74) is 0.880. The Bertz CT molecular complexity index is 508. The lowest BCUT2D eigenvalue weighted by Crippen LogP contribution is -2.24. The molecule has 0 aliphatic heterocycles. The van der Waals surface area contributed by atoms with Crippen LogP contribution < -0.4 is 10.1 Å². The van der Waals surface area contributed by atoms with Crippen molar-refractivity contribution in [3.05, 3.63) is 18.1 Å². The van der Waals surface area contributed by atoms with Crippen LogP contribution in [-0.4, -0.2) is 38.8 Å². The van der Waals surface area contributed by atoms with E-state index in [4.69, 9.17) is 4.74 Å². The van der Waals surface area contributed by atoms with Crippen molar-refractivity contribution < 1.29 is 4.74 Å². The van der Waals surface area contributed by atoms with Gasteiger partial charge in [-0.2, -0.15) is 14.6 Å². The quantitative estimate of drug-likeness (QED) is 0.779. The molecule has 0 fully saturated rings. The lowest BCUT2D eigenvalue weighted by atomic mass is 10.3. The van der Waals surface area contributed by atoms with Crippen molar-refractivity contribution >= 4 is 5.78 Å². The highest BCUT2D eigenvalue weighted by Crippen LogP contribution is 2.12. The Kier molecular flexibility index (Phi) is 4.09. The molecule has 0 saturated heterocycles. The van der Waals surface area contributed by atoms with Gasteiger partial charge in [0.15, 0.2) is 0 Å². The van der Waals surface area contributed by atoms with Crippen molar-refractivity contribution in [1.82, 2.24) is 24.9 Å². The molecule has 0 spiro atoms. The second kappa shape index (κ2) is 5.77. The number of nitrogens with zero attached hydrogens (tertiary/aromatic N) is 4. The van der Waals surface area contributed by atoms with Crippen LogP contribution in [0.4, 0.5) is 0 Å². The Morgan fingerprint density at radius 2 is 2.28 bits per heavy atom. The molecule has 0 aliphatic carbocycles. The van der Waals surface area contributed by atoms with E-state index in [0.29, 0.717) is 24.3 Å². The maximum absolute atomic E-state index is 5.72. The lowest BCUT2D eigenvalue weighted by Gasteiger charge is -2.10. The van der Waals surface area contributed by atoms with Crippen LogP contribution in [0, 0.1) is 6.92 Å². The first-order valence-electron chi connectivity index (χ1n) is 6.20. The Hall–Kier alpha value is -1.69. The van der Waals surface area contributed by atoms with Gasteiger partial charge in [-0.05, 0) is 19.9 Å². The highest BCUT2D eigenvalue weighted by Gasteiger charge is 2.06. The van der Waals surface area contributed by atoms with E-state index < -0.39 is 0 Å². The SMILES string of the molecule is Cc1cc(OCCCNC(C)C)n2ncnc2n1. The molecule has 1 N–H and O–H groups in total. The zero-order valence-electron chi connectivity index (χ0n) is 11.1. The van der Waals surface area contributed by atoms with E-state index in [1.165, 1.54) is 6.33 Å². The van der Waals surface area contributed by atoms with Crippen molar-refractivity contribution in [1.29, 1.82) is 0 Å². The number of nitrogens with one attached hydrogen (secondary N) is 1. The van der Waals surface area contributed by atoms with Crippen LogP contribution in [0.25, 0.3) is 5.78 Å². The van der Waals surface area contributed by atoms with E-state index in [-0.39, 0.29) is 0 Å². The van der Waals surface area contributed by atoms with Gasteiger partial charge < -0.3 is 10.1 Å². The number of fused-ring (bicyclic) bond motifs is 1. The molecule has 6 heteroatoms. The second-order valence-corrected chi connectivity index (χ2v) is 4.52. The molecule has 0 aromatic carbocycles. The predicted molar refractivity (Wildman–Crippen MR) is 68.8 cm³/mol. The van der Waals surface area contributed by atoms with Crippen LogP contribution in [0.2, 0.25) is 0 Å². The molecule has 2 rings (SSSR count). The maximum atomic E-state index is 5.72. The highest BCUT2D eigenvalue weighted by molar-refractivity contribution is 5.32. The van der Waals surface area contributed by atoms with Crippen LogP contribution in [-0.2, 0) is 0 Å². The number of ether oxygens (including phenoxy) is 1. The first kappa shape index (κ1) is 12.8. The third-order valence-electron chi connectivity index (χ3n) is 2.47. The molecule has 0 radical (unpaired) electrons. The predicted octanol–water partition coefficient (Wildman–Crippen LogP) is 1.20. The standard InChI is InChI=1S/C12H19N5O/c1-9(2)13-5-4-6-18-11-7-10(3)16-12-14-8-15-17(11)12/h7-9,13H,4-6H2,1-3H3. The van der Waals surface area contributed by atoms with Crippen LogP contribution >= 0.6 is 0 Å². The summed E-state index contributed by atoms with van der Waals surface area (Å²) >= 11 is 0. The lowest BCUT2D eigenvalue weighted by molar-refractivity contribution is 0.287. The minimum atomic E-state index is 0.509. The monoisotopic (exact) mass is 249 g/mol. The summed E-state index contributed by atoms with van der Waals surface area (Å²) < 4.78 is 7.33. The van der Waals surface area contributed by atoms with Gasteiger partial charge in [-0.3, -0.25) is 0 Å². The van der Waals surface area contributed by atoms with Gasteiger partial charge in [-0.25, -0.2) is 4.98 Å². The van der Waals surface area contributed by atoms with Gasteiger partial charge in [0.05, 0.1) is 6.61 Å². The molecular weight excluding hydrogens is 230 g/mol. The molecule has 6 nitrogen and oxygen atoms in total. The topological polar surface area (TPSA) is 64.3 Å². The van der Waals surface area contributed by atoms with Gasteiger partial charge in [0.25, 0.3) is 5.78 Å². The molecular formula is C12H19N5O. The summed E-state index contributed by atoms with van der Waals surface area (Å²) in [7, 11) is 0. The first-order chi connectivity index (χ1) is 8.66. The number of rotatable bonds is 6. The van der Waals surface area contributed by atoms with Crippen molar-refractivity contribution in [2.75, 3.05) is 13.2 Å². The molecule has 2 heterocycles. The van der Waals surface area contributed by atoms with E-state index in [1.54, 1.807) is 4.52 Å². The fourth-order valence-corrected chi connectivity index (χ4v) is 1.64.